The quantitative estimate of drug-likeness (QED) is 0.522. The largest absolute Gasteiger partial charge is 0.362 e. The molecule has 4 bridgehead atoms. The van der Waals surface area contributed by atoms with Crippen LogP contribution in [0.2, 0.25) is 0 Å². The van der Waals surface area contributed by atoms with Gasteiger partial charge in [-0.25, -0.2) is 13.1 Å². The SMILES string of the molecule is O=S(=O)(NC12CC3CC(CC(C3)C1)C2)c1ccc(NC(=S)NCCc2ccccc2)cc1. The molecule has 0 unspecified atom stereocenters. The van der Waals surface area contributed by atoms with Gasteiger partial charge in [0.2, 0.25) is 10.0 Å². The predicted molar refractivity (Wildman–Crippen MR) is 132 cm³/mol. The van der Waals surface area contributed by atoms with Gasteiger partial charge in [0.05, 0.1) is 4.90 Å². The molecule has 2 aromatic rings. The van der Waals surface area contributed by atoms with Crippen LogP contribution in [0.25, 0.3) is 0 Å². The fraction of sp³-hybridized carbons (Fsp3) is 0.480. The summed E-state index contributed by atoms with van der Waals surface area (Å²) >= 11 is 5.38. The van der Waals surface area contributed by atoms with Crippen LogP contribution in [0.3, 0.4) is 0 Å². The number of hydrogen-bond donors (Lipinski definition) is 3. The number of nitrogens with one attached hydrogen (secondary N) is 3. The summed E-state index contributed by atoms with van der Waals surface area (Å²) in [6, 6.07) is 17.1. The molecule has 0 atom stereocenters. The number of benzene rings is 2. The van der Waals surface area contributed by atoms with E-state index in [0.717, 1.165) is 37.9 Å². The summed E-state index contributed by atoms with van der Waals surface area (Å²) in [5, 5.41) is 6.87. The Labute approximate surface area is 196 Å². The van der Waals surface area contributed by atoms with Crippen molar-refractivity contribution in [3.63, 3.8) is 0 Å². The van der Waals surface area contributed by atoms with Gasteiger partial charge >= 0.3 is 0 Å². The van der Waals surface area contributed by atoms with E-state index in [2.05, 4.69) is 27.5 Å². The van der Waals surface area contributed by atoms with Crippen molar-refractivity contribution in [2.75, 3.05) is 11.9 Å². The molecule has 0 aromatic heterocycles. The molecule has 4 aliphatic carbocycles. The van der Waals surface area contributed by atoms with Crippen molar-refractivity contribution in [3.8, 4) is 0 Å². The molecule has 4 aliphatic rings. The molecule has 4 fully saturated rings. The van der Waals surface area contributed by atoms with Crippen molar-refractivity contribution in [2.45, 2.75) is 55.4 Å². The van der Waals surface area contributed by atoms with Gasteiger partial charge in [-0.15, -0.1) is 0 Å². The highest BCUT2D eigenvalue weighted by atomic mass is 32.2. The highest BCUT2D eigenvalue weighted by molar-refractivity contribution is 7.89. The summed E-state index contributed by atoms with van der Waals surface area (Å²) in [5.74, 6) is 2.10. The third kappa shape index (κ3) is 4.85. The molecule has 2 aromatic carbocycles. The zero-order chi connectivity index (χ0) is 22.2. The summed E-state index contributed by atoms with van der Waals surface area (Å²) in [4.78, 5) is 0.321. The van der Waals surface area contributed by atoms with E-state index in [1.54, 1.807) is 24.3 Å². The Morgan fingerprint density at radius 2 is 1.50 bits per heavy atom. The lowest BCUT2D eigenvalue weighted by atomic mass is 9.53. The van der Waals surface area contributed by atoms with Crippen molar-refractivity contribution in [1.82, 2.24) is 10.0 Å². The van der Waals surface area contributed by atoms with Gasteiger partial charge in [0, 0.05) is 17.8 Å². The summed E-state index contributed by atoms with van der Waals surface area (Å²) in [5.41, 5.74) is 1.80. The van der Waals surface area contributed by atoms with Crippen molar-refractivity contribution in [1.29, 1.82) is 0 Å². The molecule has 32 heavy (non-hydrogen) atoms. The molecule has 0 aliphatic heterocycles. The minimum absolute atomic E-state index is 0.227. The molecule has 6 rings (SSSR count). The first kappa shape index (κ1) is 21.9. The highest BCUT2D eigenvalue weighted by Crippen LogP contribution is 2.55. The van der Waals surface area contributed by atoms with Crippen LogP contribution in [-0.2, 0) is 16.4 Å². The summed E-state index contributed by atoms with van der Waals surface area (Å²) < 4.78 is 29.4. The average Bonchev–Trinajstić information content (AvgIpc) is 2.73. The Kier molecular flexibility index (Phi) is 5.99. The molecule has 0 saturated heterocycles. The maximum absolute atomic E-state index is 13.2. The fourth-order valence-electron chi connectivity index (χ4n) is 6.44. The van der Waals surface area contributed by atoms with Crippen LogP contribution in [0.15, 0.2) is 59.5 Å². The minimum Gasteiger partial charge on any atom is -0.362 e. The first-order valence-electron chi connectivity index (χ1n) is 11.6. The average molecular weight is 470 g/mol. The lowest BCUT2D eigenvalue weighted by molar-refractivity contribution is -0.00810. The van der Waals surface area contributed by atoms with E-state index in [1.807, 2.05) is 18.2 Å². The van der Waals surface area contributed by atoms with Crippen LogP contribution in [0, 0.1) is 17.8 Å². The van der Waals surface area contributed by atoms with E-state index in [4.69, 9.17) is 12.2 Å². The molecule has 0 amide bonds. The summed E-state index contributed by atoms with van der Waals surface area (Å²) in [7, 11) is -3.54. The highest BCUT2D eigenvalue weighted by Gasteiger charge is 2.52. The van der Waals surface area contributed by atoms with E-state index in [0.29, 0.717) is 27.8 Å². The maximum atomic E-state index is 13.2. The second-order valence-corrected chi connectivity index (χ2v) is 12.0. The normalized spacial score (nSPS) is 28.4. The smallest absolute Gasteiger partial charge is 0.241 e. The lowest BCUT2D eigenvalue weighted by Crippen LogP contribution is -2.59. The van der Waals surface area contributed by atoms with Crippen molar-refractivity contribution < 1.29 is 8.42 Å². The van der Waals surface area contributed by atoms with Crippen molar-refractivity contribution >= 4 is 33.0 Å². The molecule has 0 spiro atoms. The molecule has 0 heterocycles. The third-order valence-corrected chi connectivity index (χ3v) is 9.19. The molecular weight excluding hydrogens is 438 g/mol. The second-order valence-electron chi connectivity index (χ2n) is 9.94. The van der Waals surface area contributed by atoms with Crippen LogP contribution in [-0.4, -0.2) is 25.6 Å². The van der Waals surface area contributed by atoms with Crippen LogP contribution in [0.1, 0.15) is 44.1 Å². The van der Waals surface area contributed by atoms with Crippen molar-refractivity contribution in [3.05, 3.63) is 60.2 Å². The molecule has 170 valence electrons. The number of hydrogen-bond acceptors (Lipinski definition) is 3. The number of rotatable bonds is 7. The van der Waals surface area contributed by atoms with Gasteiger partial charge in [0.15, 0.2) is 5.11 Å². The Balaban J connectivity index is 1.16. The molecule has 3 N–H and O–H groups in total. The Hall–Kier alpha value is -1.96. The molecule has 7 heteroatoms. The van der Waals surface area contributed by atoms with Gasteiger partial charge in [0.1, 0.15) is 0 Å². The monoisotopic (exact) mass is 469 g/mol. The third-order valence-electron chi connectivity index (χ3n) is 7.35. The zero-order valence-electron chi connectivity index (χ0n) is 18.2. The zero-order valence-corrected chi connectivity index (χ0v) is 19.9. The van der Waals surface area contributed by atoms with Gasteiger partial charge < -0.3 is 10.6 Å². The first-order chi connectivity index (χ1) is 15.4. The molecule has 4 saturated carbocycles. The minimum atomic E-state index is -3.54. The van der Waals surface area contributed by atoms with Crippen LogP contribution < -0.4 is 15.4 Å². The Morgan fingerprint density at radius 3 is 2.09 bits per heavy atom. The fourth-order valence-corrected chi connectivity index (χ4v) is 8.09. The van der Waals surface area contributed by atoms with Gasteiger partial charge in [0.25, 0.3) is 0 Å². The summed E-state index contributed by atoms with van der Waals surface area (Å²) in [6.07, 6.45) is 7.76. The van der Waals surface area contributed by atoms with Gasteiger partial charge in [-0.3, -0.25) is 0 Å². The number of thiocarbonyl (C=S) groups is 1. The van der Waals surface area contributed by atoms with Crippen molar-refractivity contribution in [2.24, 2.45) is 17.8 Å². The summed E-state index contributed by atoms with van der Waals surface area (Å²) in [6.45, 7) is 0.733. The lowest BCUT2D eigenvalue weighted by Gasteiger charge is -2.56. The van der Waals surface area contributed by atoms with E-state index in [1.165, 1.54) is 24.8 Å². The van der Waals surface area contributed by atoms with E-state index >= 15 is 0 Å². The van der Waals surface area contributed by atoms with Gasteiger partial charge in [-0.2, -0.15) is 0 Å². The van der Waals surface area contributed by atoms with Crippen LogP contribution in [0.4, 0.5) is 5.69 Å². The van der Waals surface area contributed by atoms with Gasteiger partial charge in [-0.05, 0) is 105 Å². The molecule has 0 radical (unpaired) electrons. The molecule has 5 nitrogen and oxygen atoms in total. The van der Waals surface area contributed by atoms with E-state index in [9.17, 15) is 8.42 Å². The van der Waals surface area contributed by atoms with Gasteiger partial charge in [-0.1, -0.05) is 30.3 Å². The van der Waals surface area contributed by atoms with Crippen LogP contribution >= 0.6 is 12.2 Å². The number of anilines is 1. The number of sulfonamides is 1. The van der Waals surface area contributed by atoms with E-state index in [-0.39, 0.29) is 5.54 Å². The maximum Gasteiger partial charge on any atom is 0.241 e. The Morgan fingerprint density at radius 1 is 0.906 bits per heavy atom. The first-order valence-corrected chi connectivity index (χ1v) is 13.5. The molecular formula is C25H31N3O2S2. The standard InChI is InChI=1S/C25H31N3O2S2/c29-32(30,28-25-15-19-12-20(16-25)14-21(13-19)17-25)23-8-6-22(7-9-23)27-24(31)26-11-10-18-4-2-1-3-5-18/h1-9,19-21,28H,10-17H2,(H2,26,27,31). The Bertz CT molecular complexity index is 1030. The topological polar surface area (TPSA) is 70.2 Å². The van der Waals surface area contributed by atoms with Crippen LogP contribution in [0.5, 0.6) is 0 Å². The predicted octanol–water partition coefficient (Wildman–Crippen LogP) is 4.46. The van der Waals surface area contributed by atoms with E-state index < -0.39 is 10.0 Å². The second kappa shape index (κ2) is 8.76.